The average Bonchev–Trinajstić information content (AvgIpc) is 1.50. The van der Waals surface area contributed by atoms with Crippen LogP contribution in [0.25, 0.3) is 0 Å². The van der Waals surface area contributed by atoms with Crippen LogP contribution in [0.15, 0.2) is 0 Å². The van der Waals surface area contributed by atoms with E-state index in [1.807, 2.05) is 0 Å². The van der Waals surface area contributed by atoms with Crippen molar-refractivity contribution in [3.05, 3.63) is 6.57 Å². The summed E-state index contributed by atoms with van der Waals surface area (Å²) in [5.74, 6) is 0. The van der Waals surface area contributed by atoms with Gasteiger partial charge in [-0.05, 0) is 0 Å². The maximum atomic E-state index is 7.00. The fourth-order valence-corrected chi connectivity index (χ4v) is 0. The molecule has 0 rings (SSSR count). The summed E-state index contributed by atoms with van der Waals surface area (Å²) in [5.41, 5.74) is 0. The third kappa shape index (κ3) is 218. The SMILES string of the molecule is [C-]#N.[N]#[Ti+]. The van der Waals surface area contributed by atoms with Gasteiger partial charge < -0.3 is 11.8 Å². The molecule has 0 aliphatic heterocycles. The van der Waals surface area contributed by atoms with Crippen LogP contribution in [0.5, 0.6) is 0 Å². The normalized spacial score (nSPS) is 1.75. The molecule has 0 spiro atoms. The van der Waals surface area contributed by atoms with Crippen LogP contribution in [0.3, 0.4) is 0 Å². The molecule has 0 aromatic heterocycles. The van der Waals surface area contributed by atoms with Crippen molar-refractivity contribution in [2.24, 2.45) is 0 Å². The quantitative estimate of drug-likeness (QED) is 0.311. The van der Waals surface area contributed by atoms with Crippen molar-refractivity contribution in [3.63, 3.8) is 0 Å². The van der Waals surface area contributed by atoms with Crippen LogP contribution < -0.4 is 0 Å². The third-order valence-corrected chi connectivity index (χ3v) is 0. The van der Waals surface area contributed by atoms with E-state index in [-0.39, 0.29) is 0 Å². The zero-order valence-corrected chi connectivity index (χ0v) is 3.46. The predicted octanol–water partition coefficient (Wildman–Crippen LogP) is 0.109. The van der Waals surface area contributed by atoms with E-state index >= 15 is 0 Å². The van der Waals surface area contributed by atoms with Gasteiger partial charge in [-0.15, -0.1) is 0 Å². The van der Waals surface area contributed by atoms with Gasteiger partial charge in [0.1, 0.15) is 0 Å². The standard InChI is InChI=1S/CN.N.Ti/c1-2;;/q-1;;+1. The van der Waals surface area contributed by atoms with Crippen LogP contribution in [-0.4, -0.2) is 0 Å². The van der Waals surface area contributed by atoms with E-state index in [0.29, 0.717) is 0 Å². The Morgan fingerprint density at radius 1 is 1.25 bits per heavy atom. The summed E-state index contributed by atoms with van der Waals surface area (Å²) >= 11 is 1.00. The zero-order chi connectivity index (χ0) is 4.00. The van der Waals surface area contributed by atoms with Crippen LogP contribution in [-0.2, 0) is 20.1 Å². The summed E-state index contributed by atoms with van der Waals surface area (Å²) < 4.78 is 7.00. The molecule has 2 nitrogen and oxygen atoms in total. The fraction of sp³-hybridized carbons (Fsp3) is 0. The zero-order valence-electron chi connectivity index (χ0n) is 1.89. The maximum absolute atomic E-state index is 7.00. The van der Waals surface area contributed by atoms with E-state index < -0.39 is 0 Å². The van der Waals surface area contributed by atoms with E-state index in [1.165, 1.54) is 0 Å². The Kier molecular flexibility index (Phi) is 3300. The van der Waals surface area contributed by atoms with Crippen LogP contribution in [0.2, 0.25) is 0 Å². The van der Waals surface area contributed by atoms with E-state index in [1.54, 1.807) is 0 Å². The number of hydrogen-bond acceptors (Lipinski definition) is 2. The summed E-state index contributed by atoms with van der Waals surface area (Å²) in [6.07, 6.45) is 0. The van der Waals surface area contributed by atoms with Crippen molar-refractivity contribution in [1.29, 1.82) is 8.91 Å². The van der Waals surface area contributed by atoms with Gasteiger partial charge in [0.25, 0.3) is 0 Å². The summed E-state index contributed by atoms with van der Waals surface area (Å²) in [7, 11) is 0. The summed E-state index contributed by atoms with van der Waals surface area (Å²) in [6, 6.07) is 0. The van der Waals surface area contributed by atoms with Gasteiger partial charge in [0.2, 0.25) is 0 Å². The van der Waals surface area contributed by atoms with E-state index in [4.69, 9.17) is 15.5 Å². The molecule has 18 valence electrons. The summed E-state index contributed by atoms with van der Waals surface area (Å²) in [6.45, 7) is 4.75. The van der Waals surface area contributed by atoms with Gasteiger partial charge in [-0.1, -0.05) is 0 Å². The Morgan fingerprint density at radius 3 is 1.25 bits per heavy atom. The second-order valence-corrected chi connectivity index (χ2v) is 0. The fourth-order valence-electron chi connectivity index (χ4n) is 0. The topological polar surface area (TPSA) is 47.6 Å². The molecule has 0 fully saturated rings. The molecule has 0 N–H and O–H groups in total. The molecule has 0 saturated carbocycles. The molecule has 0 bridgehead atoms. The van der Waals surface area contributed by atoms with Crippen molar-refractivity contribution >= 4 is 0 Å². The van der Waals surface area contributed by atoms with Crippen molar-refractivity contribution in [2.75, 3.05) is 0 Å². The van der Waals surface area contributed by atoms with Gasteiger partial charge in [-0.25, -0.2) is 0 Å². The Balaban J connectivity index is 0. The van der Waals surface area contributed by atoms with Gasteiger partial charge in [-0.2, -0.15) is 0 Å². The first-order valence-corrected chi connectivity index (χ1v) is 1.15. The molecule has 3 heteroatoms. The summed E-state index contributed by atoms with van der Waals surface area (Å²) in [5, 5.41) is 6.25. The number of hydrogen-bond donors (Lipinski definition) is 0. The molecule has 0 saturated heterocycles. The first-order valence-electron chi connectivity index (χ1n) is 0.447. The second-order valence-electron chi connectivity index (χ2n) is 0. The van der Waals surface area contributed by atoms with Crippen LogP contribution in [0.1, 0.15) is 0 Å². The Labute approximate surface area is 36.1 Å². The van der Waals surface area contributed by atoms with Crippen molar-refractivity contribution in [3.8, 4) is 0 Å². The first-order chi connectivity index (χ1) is 2.00. The Bertz CT molecular complexity index is 21.5. The van der Waals surface area contributed by atoms with E-state index in [9.17, 15) is 0 Å². The Hall–Kier alpha value is -0.0857. The molecule has 0 aliphatic carbocycles. The van der Waals surface area contributed by atoms with Gasteiger partial charge in [0, 0.05) is 0 Å². The van der Waals surface area contributed by atoms with Gasteiger partial charge in [0.05, 0.1) is 0 Å². The van der Waals surface area contributed by atoms with Gasteiger partial charge in [0.15, 0.2) is 0 Å². The van der Waals surface area contributed by atoms with Crippen molar-refractivity contribution in [2.45, 2.75) is 0 Å². The van der Waals surface area contributed by atoms with Crippen LogP contribution >= 0.6 is 0 Å². The van der Waals surface area contributed by atoms with Gasteiger partial charge >= 0.3 is 23.7 Å². The first kappa shape index (κ1) is 9.07. The minimum absolute atomic E-state index is 1.00. The second kappa shape index (κ2) is 1450. The molecular weight excluding hydrogens is 87.9 g/mol. The van der Waals surface area contributed by atoms with E-state index in [0.717, 1.165) is 20.1 Å². The van der Waals surface area contributed by atoms with Crippen LogP contribution in [0.4, 0.5) is 0 Å². The minimum atomic E-state index is 1.00. The number of rotatable bonds is 0. The molecule has 0 amide bonds. The molecule has 0 aromatic carbocycles. The van der Waals surface area contributed by atoms with Gasteiger partial charge in [-0.3, -0.25) is 0 Å². The van der Waals surface area contributed by atoms with Crippen molar-refractivity contribution < 1.29 is 20.1 Å². The molecule has 4 heavy (non-hydrogen) atoms. The molecule has 0 heterocycles. The monoisotopic (exact) mass is 88.0 g/mol. The Morgan fingerprint density at radius 2 is 1.25 bits per heavy atom. The van der Waals surface area contributed by atoms with E-state index in [2.05, 4.69) is 0 Å². The van der Waals surface area contributed by atoms with Crippen LogP contribution in [0, 0.1) is 15.5 Å². The molecule has 0 radical (unpaired) electrons. The molecule has 0 atom stereocenters. The molecular formula is CN2Ti. The summed E-state index contributed by atoms with van der Waals surface area (Å²) in [4.78, 5) is 0. The third-order valence-electron chi connectivity index (χ3n) is 0. The average molecular weight is 87.9 g/mol. The molecule has 0 unspecified atom stereocenters. The molecule has 0 aromatic rings. The number of nitrogens with zero attached hydrogens (tertiary/aromatic N) is 2. The molecule has 0 aliphatic rings. The predicted molar refractivity (Wildman–Crippen MR) is 6.69 cm³/mol. The van der Waals surface area contributed by atoms with Crippen molar-refractivity contribution in [1.82, 2.24) is 0 Å².